The summed E-state index contributed by atoms with van der Waals surface area (Å²) >= 11 is 0. The maximum absolute atomic E-state index is 11.9. The van der Waals surface area contributed by atoms with Gasteiger partial charge in [0.25, 0.3) is 5.91 Å². The van der Waals surface area contributed by atoms with Crippen molar-refractivity contribution in [2.45, 2.75) is 32.6 Å². The number of amides is 2. The van der Waals surface area contributed by atoms with E-state index in [1.54, 1.807) is 12.1 Å². The molecule has 0 saturated heterocycles. The quantitative estimate of drug-likeness (QED) is 0.784. The van der Waals surface area contributed by atoms with E-state index in [9.17, 15) is 9.59 Å². The lowest BCUT2D eigenvalue weighted by Gasteiger charge is -2.07. The van der Waals surface area contributed by atoms with Crippen LogP contribution in [-0.2, 0) is 11.2 Å². The Hall–Kier alpha value is -2.56. The fraction of sp³-hybridized carbons (Fsp3) is 0.333. The van der Waals surface area contributed by atoms with E-state index in [1.165, 1.54) is 24.7 Å². The van der Waals surface area contributed by atoms with Gasteiger partial charge in [0.05, 0.1) is 6.26 Å². The van der Waals surface area contributed by atoms with Crippen molar-refractivity contribution in [3.05, 3.63) is 54.0 Å². The van der Waals surface area contributed by atoms with E-state index in [-0.39, 0.29) is 30.5 Å². The first kappa shape index (κ1) is 16.8. The molecule has 2 rings (SSSR count). The maximum Gasteiger partial charge on any atom is 0.286 e. The maximum atomic E-state index is 11.9. The molecule has 0 fully saturated rings. The first-order valence-corrected chi connectivity index (χ1v) is 7.89. The lowest BCUT2D eigenvalue weighted by molar-refractivity contribution is -0.116. The molecule has 2 aromatic rings. The lowest BCUT2D eigenvalue weighted by atomic mass is 10.1. The second kappa shape index (κ2) is 8.78. The van der Waals surface area contributed by atoms with Crippen LogP contribution in [0.1, 0.15) is 42.3 Å². The molecule has 1 aromatic carbocycles. The molecule has 2 N–H and O–H groups in total. The number of hydrogen-bond donors (Lipinski definition) is 2. The zero-order chi connectivity index (χ0) is 16.5. The van der Waals surface area contributed by atoms with Crippen LogP contribution >= 0.6 is 0 Å². The number of carbonyl (C=O) groups is 2. The third-order valence-corrected chi connectivity index (χ3v) is 3.44. The molecule has 0 unspecified atom stereocenters. The van der Waals surface area contributed by atoms with Gasteiger partial charge in [-0.05, 0) is 42.7 Å². The van der Waals surface area contributed by atoms with Crippen molar-refractivity contribution in [1.29, 1.82) is 0 Å². The molecular weight excluding hydrogens is 292 g/mol. The molecule has 0 radical (unpaired) electrons. The van der Waals surface area contributed by atoms with Crippen molar-refractivity contribution >= 4 is 17.5 Å². The van der Waals surface area contributed by atoms with E-state index in [0.29, 0.717) is 0 Å². The van der Waals surface area contributed by atoms with Crippen LogP contribution in [0, 0.1) is 0 Å². The monoisotopic (exact) mass is 314 g/mol. The van der Waals surface area contributed by atoms with Crippen LogP contribution < -0.4 is 10.6 Å². The fourth-order valence-electron chi connectivity index (χ4n) is 2.14. The summed E-state index contributed by atoms with van der Waals surface area (Å²) in [5.74, 6) is -0.206. The van der Waals surface area contributed by atoms with Crippen LogP contribution in [0.5, 0.6) is 0 Å². The number of aryl methyl sites for hydroxylation is 1. The predicted octanol–water partition coefficient (Wildman–Crippen LogP) is 3.38. The summed E-state index contributed by atoms with van der Waals surface area (Å²) < 4.78 is 4.97. The van der Waals surface area contributed by atoms with Crippen LogP contribution in [0.4, 0.5) is 5.69 Å². The number of hydrogen-bond acceptors (Lipinski definition) is 3. The van der Waals surface area contributed by atoms with E-state index < -0.39 is 0 Å². The molecule has 1 aromatic heterocycles. The van der Waals surface area contributed by atoms with Crippen LogP contribution in [-0.4, -0.2) is 18.4 Å². The number of furan rings is 1. The number of anilines is 1. The zero-order valence-electron chi connectivity index (χ0n) is 13.3. The molecule has 23 heavy (non-hydrogen) atoms. The van der Waals surface area contributed by atoms with Gasteiger partial charge < -0.3 is 15.1 Å². The van der Waals surface area contributed by atoms with Gasteiger partial charge in [-0.25, -0.2) is 0 Å². The number of unbranched alkanes of at least 4 members (excludes halogenated alkanes) is 1. The summed E-state index contributed by atoms with van der Waals surface area (Å²) in [4.78, 5) is 23.5. The van der Waals surface area contributed by atoms with Crippen LogP contribution in [0.3, 0.4) is 0 Å². The van der Waals surface area contributed by atoms with Gasteiger partial charge in [0.2, 0.25) is 5.91 Å². The Morgan fingerprint density at radius 1 is 1.13 bits per heavy atom. The summed E-state index contributed by atoms with van der Waals surface area (Å²) in [5, 5.41) is 5.46. The highest BCUT2D eigenvalue weighted by Crippen LogP contribution is 2.12. The molecule has 0 atom stereocenters. The van der Waals surface area contributed by atoms with Gasteiger partial charge in [0.15, 0.2) is 5.76 Å². The fourth-order valence-corrected chi connectivity index (χ4v) is 2.14. The molecule has 5 heteroatoms. The normalized spacial score (nSPS) is 10.3. The second-order valence-electron chi connectivity index (χ2n) is 5.33. The number of carbonyl (C=O) groups excluding carboxylic acids is 2. The van der Waals surface area contributed by atoms with Gasteiger partial charge in [-0.1, -0.05) is 25.5 Å². The van der Waals surface area contributed by atoms with Crippen molar-refractivity contribution in [3.8, 4) is 0 Å². The van der Waals surface area contributed by atoms with Gasteiger partial charge in [0.1, 0.15) is 0 Å². The number of rotatable bonds is 8. The van der Waals surface area contributed by atoms with Crippen LogP contribution in [0.15, 0.2) is 47.1 Å². The summed E-state index contributed by atoms with van der Waals surface area (Å²) in [6.07, 6.45) is 5.04. The second-order valence-corrected chi connectivity index (χ2v) is 5.33. The molecule has 0 bridgehead atoms. The predicted molar refractivity (Wildman–Crippen MR) is 89.3 cm³/mol. The zero-order valence-corrected chi connectivity index (χ0v) is 13.3. The third kappa shape index (κ3) is 5.62. The summed E-state index contributed by atoms with van der Waals surface area (Å²) in [7, 11) is 0. The molecule has 0 aliphatic rings. The topological polar surface area (TPSA) is 71.3 Å². The van der Waals surface area contributed by atoms with Crippen molar-refractivity contribution in [2.24, 2.45) is 0 Å². The molecule has 2 amide bonds. The smallest absolute Gasteiger partial charge is 0.286 e. The van der Waals surface area contributed by atoms with Crippen molar-refractivity contribution in [3.63, 3.8) is 0 Å². The Bertz CT molecular complexity index is 618. The van der Waals surface area contributed by atoms with Crippen molar-refractivity contribution < 1.29 is 14.0 Å². The summed E-state index contributed by atoms with van der Waals surface area (Å²) in [6.45, 7) is 2.43. The van der Waals surface area contributed by atoms with Crippen molar-refractivity contribution in [1.82, 2.24) is 5.32 Å². The van der Waals surface area contributed by atoms with E-state index in [2.05, 4.69) is 17.6 Å². The minimum Gasteiger partial charge on any atom is -0.459 e. The first-order valence-electron chi connectivity index (χ1n) is 7.89. The average Bonchev–Trinajstić information content (AvgIpc) is 3.08. The van der Waals surface area contributed by atoms with E-state index in [1.807, 2.05) is 24.3 Å². The minimum absolute atomic E-state index is 0.133. The highest BCUT2D eigenvalue weighted by Gasteiger charge is 2.08. The molecular formula is C18H22N2O3. The summed E-state index contributed by atoms with van der Waals surface area (Å²) in [5.41, 5.74) is 2.04. The minimum atomic E-state index is -0.317. The summed E-state index contributed by atoms with van der Waals surface area (Å²) in [6, 6.07) is 11.1. The Kier molecular flexibility index (Phi) is 6.41. The third-order valence-electron chi connectivity index (χ3n) is 3.44. The molecule has 0 saturated carbocycles. The molecule has 5 nitrogen and oxygen atoms in total. The van der Waals surface area contributed by atoms with E-state index >= 15 is 0 Å². The average molecular weight is 314 g/mol. The molecule has 0 aliphatic heterocycles. The Labute approximate surface area is 136 Å². The lowest BCUT2D eigenvalue weighted by Crippen LogP contribution is -2.27. The number of benzene rings is 1. The van der Waals surface area contributed by atoms with E-state index in [4.69, 9.17) is 4.42 Å². The standard InChI is InChI=1S/C18H22N2O3/c1-2-3-5-14-7-9-15(10-8-14)20-17(21)11-12-19-18(22)16-6-4-13-23-16/h4,6-10,13H,2-3,5,11-12H2,1H3,(H,19,22)(H,20,21). The van der Waals surface area contributed by atoms with Gasteiger partial charge in [-0.2, -0.15) is 0 Å². The largest absolute Gasteiger partial charge is 0.459 e. The van der Waals surface area contributed by atoms with Gasteiger partial charge in [-0.15, -0.1) is 0 Å². The highest BCUT2D eigenvalue weighted by molar-refractivity contribution is 5.93. The van der Waals surface area contributed by atoms with Crippen molar-refractivity contribution in [2.75, 3.05) is 11.9 Å². The number of nitrogens with one attached hydrogen (secondary N) is 2. The van der Waals surface area contributed by atoms with Gasteiger partial charge in [-0.3, -0.25) is 9.59 Å². The SMILES string of the molecule is CCCCc1ccc(NC(=O)CCNC(=O)c2ccco2)cc1. The molecule has 0 spiro atoms. The molecule has 1 heterocycles. The highest BCUT2D eigenvalue weighted by atomic mass is 16.3. The Morgan fingerprint density at radius 2 is 1.91 bits per heavy atom. The first-order chi connectivity index (χ1) is 11.2. The molecule has 0 aliphatic carbocycles. The van der Waals surface area contributed by atoms with Crippen LogP contribution in [0.25, 0.3) is 0 Å². The Balaban J connectivity index is 1.71. The Morgan fingerprint density at radius 3 is 2.57 bits per heavy atom. The van der Waals surface area contributed by atoms with Crippen LogP contribution in [0.2, 0.25) is 0 Å². The molecule has 122 valence electrons. The van der Waals surface area contributed by atoms with Gasteiger partial charge in [0, 0.05) is 18.7 Å². The van der Waals surface area contributed by atoms with Gasteiger partial charge >= 0.3 is 0 Å². The van der Waals surface area contributed by atoms with E-state index in [0.717, 1.165) is 12.1 Å².